The second kappa shape index (κ2) is 11.8. The van der Waals surface area contributed by atoms with Crippen LogP contribution < -0.4 is 5.56 Å². The fraction of sp³-hybridized carbons (Fsp3) is 0.207. The van der Waals surface area contributed by atoms with Crippen molar-refractivity contribution in [1.82, 2.24) is 14.5 Å². The molecule has 1 N–H and O–H groups in total. The van der Waals surface area contributed by atoms with Crippen molar-refractivity contribution in [2.45, 2.75) is 26.8 Å². The normalized spacial score (nSPS) is 13.4. The Morgan fingerprint density at radius 2 is 1.80 bits per heavy atom. The highest BCUT2D eigenvalue weighted by atomic mass is 79.9. The van der Waals surface area contributed by atoms with Crippen LogP contribution in [0.5, 0.6) is 5.75 Å². The number of aromatic hydroxyl groups is 1. The molecule has 0 bridgehead atoms. The van der Waals surface area contributed by atoms with Crippen molar-refractivity contribution < 1.29 is 28.6 Å². The highest BCUT2D eigenvalue weighted by molar-refractivity contribution is 9.10. The molecule has 0 radical (unpaired) electrons. The first-order valence-corrected chi connectivity index (χ1v) is 13.1. The van der Waals surface area contributed by atoms with Gasteiger partial charge in [0.05, 0.1) is 23.3 Å². The molecule has 0 saturated heterocycles. The lowest BCUT2D eigenvalue weighted by atomic mass is 10.1. The minimum Gasteiger partial charge on any atom is -0.505 e. The third-order valence-electron chi connectivity index (χ3n) is 6.33. The molecule has 0 spiro atoms. The van der Waals surface area contributed by atoms with Crippen molar-refractivity contribution in [2.24, 2.45) is 0 Å². The van der Waals surface area contributed by atoms with Crippen LogP contribution in [0.25, 0.3) is 11.0 Å². The Morgan fingerprint density at radius 3 is 2.40 bits per heavy atom. The molecule has 0 fully saturated rings. The molecule has 1 aliphatic heterocycles. The highest BCUT2D eigenvalue weighted by Crippen LogP contribution is 2.33. The second-order valence-electron chi connectivity index (χ2n) is 8.84. The molecule has 3 heterocycles. The number of carbonyl (C=O) groups excluding carboxylic acids is 3. The molecule has 9 nitrogen and oxygen atoms in total. The first-order chi connectivity index (χ1) is 19.1. The molecule has 0 aliphatic carbocycles. The van der Waals surface area contributed by atoms with Gasteiger partial charge in [-0.2, -0.15) is 0 Å². The van der Waals surface area contributed by atoms with Gasteiger partial charge in [-0.1, -0.05) is 36.4 Å². The Morgan fingerprint density at radius 1 is 1.15 bits per heavy atom. The summed E-state index contributed by atoms with van der Waals surface area (Å²) >= 11 is 3.49. The molecule has 2 amide bonds. The molecule has 0 unspecified atom stereocenters. The minimum atomic E-state index is -1.03. The molecule has 4 rings (SSSR count). The average Bonchev–Trinajstić information content (AvgIpc) is 3.18. The van der Waals surface area contributed by atoms with Gasteiger partial charge in [-0.15, -0.1) is 0 Å². The largest absolute Gasteiger partial charge is 0.505 e. The number of halogens is 2. The van der Waals surface area contributed by atoms with Gasteiger partial charge >= 0.3 is 5.97 Å². The molecule has 0 atom stereocenters. The number of aromatic nitrogens is 2. The number of fused-ring (bicyclic) bond motifs is 2. The minimum absolute atomic E-state index is 0.0374. The average molecular weight is 610 g/mol. The van der Waals surface area contributed by atoms with Crippen LogP contribution in [0, 0.1) is 0 Å². The van der Waals surface area contributed by atoms with Crippen LogP contribution in [-0.4, -0.2) is 50.5 Å². The summed E-state index contributed by atoms with van der Waals surface area (Å²) in [5.41, 5.74) is 0.183. The number of hydrogen-bond acceptors (Lipinski definition) is 7. The Hall–Kier alpha value is -4.38. The van der Waals surface area contributed by atoms with Crippen molar-refractivity contribution in [1.29, 1.82) is 0 Å². The van der Waals surface area contributed by atoms with Gasteiger partial charge in [-0.3, -0.25) is 24.3 Å². The van der Waals surface area contributed by atoms with E-state index in [4.69, 9.17) is 4.74 Å². The summed E-state index contributed by atoms with van der Waals surface area (Å²) in [5, 5.41) is 10.9. The quantitative estimate of drug-likeness (QED) is 0.209. The predicted octanol–water partition coefficient (Wildman–Crippen LogP) is 4.87. The van der Waals surface area contributed by atoms with Gasteiger partial charge in [0.15, 0.2) is 11.3 Å². The second-order valence-corrected chi connectivity index (χ2v) is 9.64. The van der Waals surface area contributed by atoms with Crippen LogP contribution in [0.15, 0.2) is 75.9 Å². The van der Waals surface area contributed by atoms with E-state index in [2.05, 4.69) is 27.5 Å². The molecule has 40 heavy (non-hydrogen) atoms. The van der Waals surface area contributed by atoms with E-state index in [-0.39, 0.29) is 48.3 Å². The molecule has 1 aliphatic rings. The van der Waals surface area contributed by atoms with Crippen molar-refractivity contribution in [2.75, 3.05) is 13.2 Å². The van der Waals surface area contributed by atoms with Crippen LogP contribution >= 0.6 is 15.9 Å². The van der Waals surface area contributed by atoms with E-state index >= 15 is 0 Å². The van der Waals surface area contributed by atoms with Crippen molar-refractivity contribution in [3.8, 4) is 5.75 Å². The van der Waals surface area contributed by atoms with E-state index in [0.29, 0.717) is 15.6 Å². The zero-order chi connectivity index (χ0) is 29.1. The maximum atomic E-state index is 13.6. The summed E-state index contributed by atoms with van der Waals surface area (Å²) in [6.45, 7) is 6.61. The molecule has 206 valence electrons. The van der Waals surface area contributed by atoms with E-state index in [1.54, 1.807) is 38.1 Å². The molecular weight excluding hydrogens is 585 g/mol. The van der Waals surface area contributed by atoms with E-state index in [1.807, 2.05) is 0 Å². The lowest BCUT2D eigenvalue weighted by molar-refractivity contribution is 0.0518. The molecular formula is C29H25BrFN3O6. The number of ether oxygens (including phenoxy) is 1. The van der Waals surface area contributed by atoms with Gasteiger partial charge < -0.3 is 14.4 Å². The van der Waals surface area contributed by atoms with Crippen LogP contribution in [-0.2, 0) is 17.7 Å². The summed E-state index contributed by atoms with van der Waals surface area (Å²) in [4.78, 5) is 57.4. The number of benzene rings is 1. The lowest BCUT2D eigenvalue weighted by Gasteiger charge is -2.19. The number of imide groups is 1. The smallest absolute Gasteiger partial charge is 0.347 e. The topological polar surface area (TPSA) is 119 Å². The third-order valence-corrected chi connectivity index (χ3v) is 7.22. The molecule has 0 saturated carbocycles. The number of allylic oxidation sites excluding steroid dienone is 5. The Kier molecular flexibility index (Phi) is 8.43. The number of pyridine rings is 2. The van der Waals surface area contributed by atoms with Crippen LogP contribution in [0.3, 0.4) is 0 Å². The number of hydrogen-bond donors (Lipinski definition) is 1. The maximum absolute atomic E-state index is 13.6. The maximum Gasteiger partial charge on any atom is 0.347 e. The number of amides is 2. The highest BCUT2D eigenvalue weighted by Gasteiger charge is 2.35. The summed E-state index contributed by atoms with van der Waals surface area (Å²) in [7, 11) is 0. The third kappa shape index (κ3) is 5.24. The lowest BCUT2D eigenvalue weighted by Crippen LogP contribution is -2.36. The zero-order valence-electron chi connectivity index (χ0n) is 21.7. The van der Waals surface area contributed by atoms with Gasteiger partial charge in [0.2, 0.25) is 0 Å². The van der Waals surface area contributed by atoms with E-state index in [1.165, 1.54) is 29.0 Å². The van der Waals surface area contributed by atoms with Crippen molar-refractivity contribution in [3.63, 3.8) is 0 Å². The summed E-state index contributed by atoms with van der Waals surface area (Å²) in [6, 6.07) is 6.40. The van der Waals surface area contributed by atoms with Gasteiger partial charge in [-0.05, 0) is 60.0 Å². The monoisotopic (exact) mass is 609 g/mol. The van der Waals surface area contributed by atoms with Crippen LogP contribution in [0.4, 0.5) is 4.39 Å². The van der Waals surface area contributed by atoms with Crippen molar-refractivity contribution in [3.05, 3.63) is 104 Å². The van der Waals surface area contributed by atoms with Crippen molar-refractivity contribution >= 4 is 44.7 Å². The number of rotatable bonds is 9. The summed E-state index contributed by atoms with van der Waals surface area (Å²) in [6.07, 6.45) is 5.71. The van der Waals surface area contributed by atoms with Gasteiger partial charge in [-0.25, -0.2) is 9.18 Å². The first-order valence-electron chi connectivity index (χ1n) is 12.3. The SMILES string of the molecule is C=C(C=CC(F)=CC)Cc1cnc2c(O)c(C(=O)OCC)c(=O)n(CCN3C(=O)c4ccccc4C3=O)c2c1Br. The van der Waals surface area contributed by atoms with Crippen LogP contribution in [0.2, 0.25) is 0 Å². The first kappa shape index (κ1) is 28.6. The van der Waals surface area contributed by atoms with Gasteiger partial charge in [0.1, 0.15) is 11.3 Å². The zero-order valence-corrected chi connectivity index (χ0v) is 23.3. The predicted molar refractivity (Wildman–Crippen MR) is 150 cm³/mol. The number of carbonyl (C=O) groups is 3. The molecule has 2 aromatic heterocycles. The Labute approximate surface area is 237 Å². The summed E-state index contributed by atoms with van der Waals surface area (Å²) in [5.74, 6) is -3.13. The van der Waals surface area contributed by atoms with E-state index < -0.39 is 40.5 Å². The van der Waals surface area contributed by atoms with E-state index in [0.717, 1.165) is 4.90 Å². The standard InChI is InChI=1S/C29H25BrFN3O6/c1-4-18(31)11-10-16(3)14-17-15-32-23-24(22(17)30)33(28(38)21(25(23)35)29(39)40-5-2)12-13-34-26(36)19-8-6-7-9-20(19)27(34)37/h4,6-11,15,35H,3,5,12-14H2,1-2H3. The summed E-state index contributed by atoms with van der Waals surface area (Å²) < 4.78 is 20.0. The number of esters is 1. The van der Waals surface area contributed by atoms with Crippen LogP contribution in [0.1, 0.15) is 50.5 Å². The molecule has 1 aromatic carbocycles. The molecule has 3 aromatic rings. The number of nitrogens with zero attached hydrogens (tertiary/aromatic N) is 3. The Bertz CT molecular complexity index is 1660. The van der Waals surface area contributed by atoms with E-state index in [9.17, 15) is 28.7 Å². The Balaban J connectivity index is 1.81. The fourth-order valence-electron chi connectivity index (χ4n) is 4.36. The van der Waals surface area contributed by atoms with Gasteiger partial charge in [0.25, 0.3) is 17.4 Å². The fourth-order valence-corrected chi connectivity index (χ4v) is 5.00. The van der Waals surface area contributed by atoms with Gasteiger partial charge in [0, 0.05) is 23.8 Å². The molecule has 11 heteroatoms.